The molecule has 1 N–H and O–H groups in total. The zero-order valence-corrected chi connectivity index (χ0v) is 20.2. The molecule has 1 aliphatic carbocycles. The van der Waals surface area contributed by atoms with Crippen LogP contribution < -0.4 is 10.1 Å². The number of nitrogens with zero attached hydrogens (tertiary/aromatic N) is 1. The first kappa shape index (κ1) is 25.3. The van der Waals surface area contributed by atoms with E-state index in [0.29, 0.717) is 29.1 Å². The second-order valence-corrected chi connectivity index (χ2v) is 9.60. The maximum Gasteiger partial charge on any atom is 0.418 e. The highest BCUT2D eigenvalue weighted by Gasteiger charge is 2.40. The molecule has 1 fully saturated rings. The lowest BCUT2D eigenvalue weighted by Crippen LogP contribution is -2.41. The van der Waals surface area contributed by atoms with Gasteiger partial charge in [-0.15, -0.1) is 0 Å². The van der Waals surface area contributed by atoms with Gasteiger partial charge in [0, 0.05) is 34.3 Å². The SMILES string of the molecule is CCC(C=O)(CNc1ccc(Cl)cc1)C1CCC(Oc2ccnc3c(C(F)(F)F)cccc23)CC1. The minimum absolute atomic E-state index is 0.106. The van der Waals surface area contributed by atoms with Gasteiger partial charge >= 0.3 is 6.18 Å². The quantitative estimate of drug-likeness (QED) is 0.322. The molecule has 4 rings (SSSR count). The van der Waals surface area contributed by atoms with Crippen molar-refractivity contribution in [3.63, 3.8) is 0 Å². The van der Waals surface area contributed by atoms with Gasteiger partial charge in [-0.3, -0.25) is 4.98 Å². The standard InChI is InChI=1S/C27H28ClF3N2O2/c1-2-26(17-34,16-33-20-10-8-19(28)9-11-20)18-6-12-21(13-7-18)35-24-14-15-32-25-22(24)4-3-5-23(25)27(29,30)31/h3-5,8-11,14-15,17-18,21,33H,2,6-7,12-13,16H2,1H3. The van der Waals surface area contributed by atoms with Gasteiger partial charge in [-0.25, -0.2) is 0 Å². The number of alkyl halides is 3. The van der Waals surface area contributed by atoms with Crippen molar-refractivity contribution in [2.24, 2.45) is 11.3 Å². The average Bonchev–Trinajstić information content (AvgIpc) is 2.86. The zero-order chi connectivity index (χ0) is 25.1. The van der Waals surface area contributed by atoms with Crippen LogP contribution in [0.15, 0.2) is 54.7 Å². The van der Waals surface area contributed by atoms with Crippen LogP contribution in [0.1, 0.15) is 44.6 Å². The number of para-hydroxylation sites is 1. The number of hydrogen-bond acceptors (Lipinski definition) is 4. The molecule has 1 atom stereocenters. The van der Waals surface area contributed by atoms with E-state index in [2.05, 4.69) is 10.3 Å². The number of ether oxygens (including phenoxy) is 1. The second-order valence-electron chi connectivity index (χ2n) is 9.17. The lowest BCUT2D eigenvalue weighted by Gasteiger charge is -2.40. The van der Waals surface area contributed by atoms with Gasteiger partial charge in [0.1, 0.15) is 12.0 Å². The lowest BCUT2D eigenvalue weighted by molar-refractivity contribution is -0.136. The summed E-state index contributed by atoms with van der Waals surface area (Å²) in [6.07, 6.45) is 1.59. The van der Waals surface area contributed by atoms with Crippen molar-refractivity contribution in [3.05, 3.63) is 65.3 Å². The van der Waals surface area contributed by atoms with Crippen LogP contribution in [-0.4, -0.2) is 23.9 Å². The number of fused-ring (bicyclic) bond motifs is 1. The Morgan fingerprint density at radius 2 is 1.80 bits per heavy atom. The van der Waals surface area contributed by atoms with Crippen molar-refractivity contribution in [1.29, 1.82) is 0 Å². The summed E-state index contributed by atoms with van der Waals surface area (Å²) in [6.45, 7) is 2.56. The molecule has 1 heterocycles. The Balaban J connectivity index is 1.43. The minimum atomic E-state index is -4.48. The first-order chi connectivity index (χ1) is 16.8. The highest BCUT2D eigenvalue weighted by Crippen LogP contribution is 2.42. The van der Waals surface area contributed by atoms with Crippen LogP contribution >= 0.6 is 11.6 Å². The Kier molecular flexibility index (Phi) is 7.55. The van der Waals surface area contributed by atoms with E-state index in [0.717, 1.165) is 43.7 Å². The molecule has 35 heavy (non-hydrogen) atoms. The van der Waals surface area contributed by atoms with Crippen LogP contribution in [0.25, 0.3) is 10.9 Å². The third kappa shape index (κ3) is 5.56. The average molecular weight is 505 g/mol. The second kappa shape index (κ2) is 10.4. The van der Waals surface area contributed by atoms with Crippen LogP contribution in [-0.2, 0) is 11.0 Å². The molecule has 3 aromatic rings. The maximum absolute atomic E-state index is 13.4. The van der Waals surface area contributed by atoms with E-state index in [1.807, 2.05) is 19.1 Å². The number of pyridine rings is 1. The fourth-order valence-electron chi connectivity index (χ4n) is 5.03. The number of halogens is 4. The number of aromatic nitrogens is 1. The van der Waals surface area contributed by atoms with E-state index >= 15 is 0 Å². The van der Waals surface area contributed by atoms with Gasteiger partial charge in [0.25, 0.3) is 0 Å². The molecule has 0 bridgehead atoms. The zero-order valence-electron chi connectivity index (χ0n) is 19.4. The first-order valence-electron chi connectivity index (χ1n) is 11.8. The molecule has 4 nitrogen and oxygen atoms in total. The summed E-state index contributed by atoms with van der Waals surface area (Å²) >= 11 is 5.96. The highest BCUT2D eigenvalue weighted by atomic mass is 35.5. The van der Waals surface area contributed by atoms with E-state index < -0.39 is 17.2 Å². The Morgan fingerprint density at radius 1 is 1.09 bits per heavy atom. The number of benzene rings is 2. The van der Waals surface area contributed by atoms with Crippen LogP contribution in [0, 0.1) is 11.3 Å². The van der Waals surface area contributed by atoms with Gasteiger partial charge < -0.3 is 14.8 Å². The van der Waals surface area contributed by atoms with Crippen LogP contribution in [0.3, 0.4) is 0 Å². The largest absolute Gasteiger partial charge is 0.490 e. The van der Waals surface area contributed by atoms with Crippen molar-refractivity contribution >= 4 is 34.5 Å². The Labute approximate surface area is 207 Å². The molecule has 186 valence electrons. The monoisotopic (exact) mass is 504 g/mol. The molecule has 1 saturated carbocycles. The van der Waals surface area contributed by atoms with Crippen molar-refractivity contribution in [2.75, 3.05) is 11.9 Å². The molecular formula is C27H28ClF3N2O2. The van der Waals surface area contributed by atoms with Gasteiger partial charge in [-0.2, -0.15) is 13.2 Å². The third-order valence-electron chi connectivity index (χ3n) is 7.18. The minimum Gasteiger partial charge on any atom is -0.490 e. The topological polar surface area (TPSA) is 51.2 Å². The summed E-state index contributed by atoms with van der Waals surface area (Å²) in [6, 6.07) is 13.0. The molecule has 8 heteroatoms. The molecule has 0 spiro atoms. The third-order valence-corrected chi connectivity index (χ3v) is 7.43. The first-order valence-corrected chi connectivity index (χ1v) is 12.2. The van der Waals surface area contributed by atoms with E-state index in [9.17, 15) is 18.0 Å². The molecule has 0 amide bonds. The summed E-state index contributed by atoms with van der Waals surface area (Å²) in [5.74, 6) is 0.599. The number of anilines is 1. The van der Waals surface area contributed by atoms with Crippen LogP contribution in [0.4, 0.5) is 18.9 Å². The number of rotatable bonds is 8. The summed E-state index contributed by atoms with van der Waals surface area (Å²) in [5.41, 5.74) is -0.467. The van der Waals surface area contributed by atoms with Crippen LogP contribution in [0.2, 0.25) is 5.02 Å². The summed E-state index contributed by atoms with van der Waals surface area (Å²) < 4.78 is 46.4. The lowest BCUT2D eigenvalue weighted by atomic mass is 9.67. The van der Waals surface area contributed by atoms with Crippen molar-refractivity contribution in [3.8, 4) is 5.75 Å². The van der Waals surface area contributed by atoms with Gasteiger partial charge in [-0.05, 0) is 80.5 Å². The van der Waals surface area contributed by atoms with E-state index in [1.165, 1.54) is 12.3 Å². The summed E-state index contributed by atoms with van der Waals surface area (Å²) in [7, 11) is 0. The van der Waals surface area contributed by atoms with Crippen molar-refractivity contribution in [2.45, 2.75) is 51.3 Å². The molecule has 0 saturated heterocycles. The molecule has 1 aromatic heterocycles. The van der Waals surface area contributed by atoms with Gasteiger partial charge in [-0.1, -0.05) is 24.6 Å². The molecule has 1 unspecified atom stereocenters. The van der Waals surface area contributed by atoms with Crippen LogP contribution in [0.5, 0.6) is 5.75 Å². The van der Waals surface area contributed by atoms with Gasteiger partial charge in [0.2, 0.25) is 0 Å². The molecule has 0 radical (unpaired) electrons. The predicted molar refractivity (Wildman–Crippen MR) is 132 cm³/mol. The number of hydrogen-bond donors (Lipinski definition) is 1. The normalized spacial score (nSPS) is 20.3. The molecular weight excluding hydrogens is 477 g/mol. The maximum atomic E-state index is 13.4. The Bertz CT molecular complexity index is 1160. The highest BCUT2D eigenvalue weighted by molar-refractivity contribution is 6.30. The molecule has 2 aromatic carbocycles. The molecule has 0 aliphatic heterocycles. The van der Waals surface area contributed by atoms with E-state index in [1.54, 1.807) is 24.3 Å². The van der Waals surface area contributed by atoms with Gasteiger partial charge in [0.05, 0.1) is 17.2 Å². The van der Waals surface area contributed by atoms with E-state index in [-0.39, 0.29) is 17.5 Å². The Hall–Kier alpha value is -2.80. The number of carbonyl (C=O) groups excluding carboxylic acids is 1. The van der Waals surface area contributed by atoms with Gasteiger partial charge in [0.15, 0.2) is 0 Å². The number of aldehydes is 1. The smallest absolute Gasteiger partial charge is 0.418 e. The summed E-state index contributed by atoms with van der Waals surface area (Å²) in [4.78, 5) is 16.2. The fourth-order valence-corrected chi connectivity index (χ4v) is 5.16. The fraction of sp³-hybridized carbons (Fsp3) is 0.407. The summed E-state index contributed by atoms with van der Waals surface area (Å²) in [5, 5.41) is 4.39. The Morgan fingerprint density at radius 3 is 2.43 bits per heavy atom. The van der Waals surface area contributed by atoms with Crippen molar-refractivity contribution < 1.29 is 22.7 Å². The predicted octanol–water partition coefficient (Wildman–Crippen LogP) is 7.55. The van der Waals surface area contributed by atoms with Crippen molar-refractivity contribution in [1.82, 2.24) is 4.98 Å². The number of nitrogens with one attached hydrogen (secondary N) is 1. The van der Waals surface area contributed by atoms with E-state index in [4.69, 9.17) is 16.3 Å². The number of carbonyl (C=O) groups is 1. The molecule has 1 aliphatic rings.